The molecule has 1 aromatic heterocycles. The molecule has 0 saturated heterocycles. The van der Waals surface area contributed by atoms with Crippen LogP contribution in [0, 0.1) is 0 Å². The zero-order valence-electron chi connectivity index (χ0n) is 11.3. The Morgan fingerprint density at radius 2 is 1.95 bits per heavy atom. The van der Waals surface area contributed by atoms with E-state index in [4.69, 9.17) is 4.74 Å². The molecule has 6 nitrogen and oxygen atoms in total. The minimum Gasteiger partial charge on any atom is -0.481 e. The first kappa shape index (κ1) is 13.1. The van der Waals surface area contributed by atoms with Crippen molar-refractivity contribution in [3.05, 3.63) is 53.2 Å². The molecule has 2 amide bonds. The van der Waals surface area contributed by atoms with Crippen LogP contribution in [0.4, 0.5) is 5.69 Å². The molecule has 6 heteroatoms. The lowest BCUT2D eigenvalue weighted by atomic mass is 10.1. The minimum atomic E-state index is -0.363. The second kappa shape index (κ2) is 5.24. The van der Waals surface area contributed by atoms with E-state index in [1.807, 2.05) is 12.1 Å². The number of rotatable bonds is 4. The highest BCUT2D eigenvalue weighted by atomic mass is 16.5. The Morgan fingerprint density at radius 3 is 2.76 bits per heavy atom. The molecule has 0 bridgehead atoms. The molecule has 0 unspecified atom stereocenters. The highest BCUT2D eigenvalue weighted by Gasteiger charge is 2.26. The maximum atomic E-state index is 11.6. The predicted molar refractivity (Wildman–Crippen MR) is 76.4 cm³/mol. The number of nitrogens with zero attached hydrogens (tertiary/aromatic N) is 1. The van der Waals surface area contributed by atoms with Gasteiger partial charge in [0.25, 0.3) is 11.8 Å². The first-order valence-corrected chi connectivity index (χ1v) is 6.41. The quantitative estimate of drug-likeness (QED) is 0.833. The van der Waals surface area contributed by atoms with Gasteiger partial charge in [0.1, 0.15) is 0 Å². The molecule has 0 saturated carbocycles. The zero-order chi connectivity index (χ0) is 14.8. The molecule has 1 aromatic carbocycles. The summed E-state index contributed by atoms with van der Waals surface area (Å²) in [5.74, 6) is -0.164. The van der Waals surface area contributed by atoms with E-state index in [1.54, 1.807) is 31.4 Å². The molecule has 2 heterocycles. The number of imide groups is 1. The molecule has 2 aromatic rings. The molecule has 0 aliphatic carbocycles. The fourth-order valence-corrected chi connectivity index (χ4v) is 2.14. The third-order valence-electron chi connectivity index (χ3n) is 3.20. The Hall–Kier alpha value is -2.89. The summed E-state index contributed by atoms with van der Waals surface area (Å²) in [5, 5.41) is 5.43. The molecule has 0 fully saturated rings. The van der Waals surface area contributed by atoms with Gasteiger partial charge in [-0.1, -0.05) is 6.07 Å². The van der Waals surface area contributed by atoms with Gasteiger partial charge in [-0.05, 0) is 24.3 Å². The van der Waals surface area contributed by atoms with Gasteiger partial charge in [-0.2, -0.15) is 0 Å². The smallest absolute Gasteiger partial charge is 0.259 e. The molecule has 2 N–H and O–H groups in total. The van der Waals surface area contributed by atoms with Crippen molar-refractivity contribution in [1.29, 1.82) is 0 Å². The molecule has 106 valence electrons. The lowest BCUT2D eigenvalue weighted by Gasteiger charge is -2.08. The van der Waals surface area contributed by atoms with Gasteiger partial charge < -0.3 is 10.1 Å². The number of hydrogen-bond donors (Lipinski definition) is 2. The van der Waals surface area contributed by atoms with Crippen molar-refractivity contribution in [2.24, 2.45) is 0 Å². The standard InChI is InChI=1S/C15H13N3O3/c1-21-13-4-2-3-10(17-13)8-16-9-5-6-11-12(7-9)15(20)18-14(11)19/h2-7,16H,8H2,1H3,(H,18,19,20). The number of hydrogen-bond acceptors (Lipinski definition) is 5. The number of ether oxygens (including phenoxy) is 1. The highest BCUT2D eigenvalue weighted by molar-refractivity contribution is 6.21. The Kier molecular flexibility index (Phi) is 3.27. The van der Waals surface area contributed by atoms with Crippen LogP contribution in [0.15, 0.2) is 36.4 Å². The van der Waals surface area contributed by atoms with Crippen molar-refractivity contribution < 1.29 is 14.3 Å². The van der Waals surface area contributed by atoms with Gasteiger partial charge in [-0.15, -0.1) is 0 Å². The third kappa shape index (κ3) is 2.55. The van der Waals surface area contributed by atoms with Crippen LogP contribution in [0.1, 0.15) is 26.4 Å². The fourth-order valence-electron chi connectivity index (χ4n) is 2.14. The van der Waals surface area contributed by atoms with E-state index in [2.05, 4.69) is 15.6 Å². The topological polar surface area (TPSA) is 80.3 Å². The van der Waals surface area contributed by atoms with Crippen molar-refractivity contribution in [1.82, 2.24) is 10.3 Å². The molecule has 1 aliphatic rings. The molecule has 0 spiro atoms. The maximum absolute atomic E-state index is 11.6. The number of amides is 2. The second-order valence-electron chi connectivity index (χ2n) is 4.57. The van der Waals surface area contributed by atoms with Gasteiger partial charge in [0.2, 0.25) is 5.88 Å². The predicted octanol–water partition coefficient (Wildman–Crippen LogP) is 1.59. The SMILES string of the molecule is COc1cccc(CNc2ccc3c(c2)C(=O)NC3=O)n1. The van der Waals surface area contributed by atoms with Crippen molar-refractivity contribution in [2.75, 3.05) is 12.4 Å². The van der Waals surface area contributed by atoms with Crippen LogP contribution in [0.5, 0.6) is 5.88 Å². The monoisotopic (exact) mass is 283 g/mol. The molecular formula is C15H13N3O3. The van der Waals surface area contributed by atoms with Crippen molar-refractivity contribution in [3.8, 4) is 5.88 Å². The Bertz CT molecular complexity index is 728. The molecule has 21 heavy (non-hydrogen) atoms. The summed E-state index contributed by atoms with van der Waals surface area (Å²) in [5.41, 5.74) is 2.37. The van der Waals surface area contributed by atoms with E-state index >= 15 is 0 Å². The minimum absolute atomic E-state index is 0.351. The first-order chi connectivity index (χ1) is 10.2. The average molecular weight is 283 g/mol. The number of aromatic nitrogens is 1. The van der Waals surface area contributed by atoms with Gasteiger partial charge in [0.15, 0.2) is 0 Å². The van der Waals surface area contributed by atoms with Crippen molar-refractivity contribution >= 4 is 17.5 Å². The van der Waals surface area contributed by atoms with Crippen molar-refractivity contribution in [3.63, 3.8) is 0 Å². The lowest BCUT2D eigenvalue weighted by molar-refractivity contribution is 0.0879. The largest absolute Gasteiger partial charge is 0.481 e. The van der Waals surface area contributed by atoms with Crippen LogP contribution in [-0.4, -0.2) is 23.9 Å². The lowest BCUT2D eigenvalue weighted by Crippen LogP contribution is -2.19. The van der Waals surface area contributed by atoms with E-state index in [1.165, 1.54) is 0 Å². The van der Waals surface area contributed by atoms with Gasteiger partial charge in [-0.25, -0.2) is 4.98 Å². The van der Waals surface area contributed by atoms with E-state index in [9.17, 15) is 9.59 Å². The summed E-state index contributed by atoms with van der Waals surface area (Å²) >= 11 is 0. The summed E-state index contributed by atoms with van der Waals surface area (Å²) in [6.07, 6.45) is 0. The number of carbonyl (C=O) groups excluding carboxylic acids is 2. The van der Waals surface area contributed by atoms with E-state index in [0.29, 0.717) is 23.6 Å². The van der Waals surface area contributed by atoms with Gasteiger partial charge in [0.05, 0.1) is 30.5 Å². The summed E-state index contributed by atoms with van der Waals surface area (Å²) < 4.78 is 5.06. The van der Waals surface area contributed by atoms with Crippen molar-refractivity contribution in [2.45, 2.75) is 6.54 Å². The number of fused-ring (bicyclic) bond motifs is 1. The Balaban J connectivity index is 1.75. The Labute approximate surface area is 121 Å². The van der Waals surface area contributed by atoms with Crippen LogP contribution in [0.3, 0.4) is 0 Å². The number of carbonyl (C=O) groups is 2. The number of anilines is 1. The molecule has 0 atom stereocenters. The average Bonchev–Trinajstić information content (AvgIpc) is 2.80. The van der Waals surface area contributed by atoms with Gasteiger partial charge in [-0.3, -0.25) is 14.9 Å². The van der Waals surface area contributed by atoms with Gasteiger partial charge >= 0.3 is 0 Å². The van der Waals surface area contributed by atoms with Crippen LogP contribution in [-0.2, 0) is 6.54 Å². The summed E-state index contributed by atoms with van der Waals surface area (Å²) in [6, 6.07) is 10.6. The molecule has 3 rings (SSSR count). The van der Waals surface area contributed by atoms with Crippen LogP contribution >= 0.6 is 0 Å². The van der Waals surface area contributed by atoms with E-state index in [0.717, 1.165) is 11.4 Å². The maximum Gasteiger partial charge on any atom is 0.259 e. The second-order valence-corrected chi connectivity index (χ2v) is 4.57. The molecule has 1 aliphatic heterocycles. The van der Waals surface area contributed by atoms with E-state index in [-0.39, 0.29) is 11.8 Å². The summed E-state index contributed by atoms with van der Waals surface area (Å²) in [7, 11) is 1.57. The number of pyridine rings is 1. The fraction of sp³-hybridized carbons (Fsp3) is 0.133. The third-order valence-corrected chi connectivity index (χ3v) is 3.20. The van der Waals surface area contributed by atoms with Crippen LogP contribution in [0.2, 0.25) is 0 Å². The Morgan fingerprint density at radius 1 is 1.14 bits per heavy atom. The number of benzene rings is 1. The van der Waals surface area contributed by atoms with Gasteiger partial charge in [0, 0.05) is 11.8 Å². The van der Waals surface area contributed by atoms with Crippen LogP contribution < -0.4 is 15.4 Å². The van der Waals surface area contributed by atoms with E-state index < -0.39 is 0 Å². The summed E-state index contributed by atoms with van der Waals surface area (Å²) in [4.78, 5) is 27.3. The molecule has 0 radical (unpaired) electrons. The first-order valence-electron chi connectivity index (χ1n) is 6.41. The molecular weight excluding hydrogens is 270 g/mol. The zero-order valence-corrected chi connectivity index (χ0v) is 11.3. The number of nitrogens with one attached hydrogen (secondary N) is 2. The number of methoxy groups -OCH3 is 1. The normalized spacial score (nSPS) is 12.8. The summed E-state index contributed by atoms with van der Waals surface area (Å²) in [6.45, 7) is 0.492. The highest BCUT2D eigenvalue weighted by Crippen LogP contribution is 2.20. The van der Waals surface area contributed by atoms with Crippen LogP contribution in [0.25, 0.3) is 0 Å².